The monoisotopic (exact) mass is 251 g/mol. The molecule has 0 saturated heterocycles. The van der Waals surface area contributed by atoms with Gasteiger partial charge in [0.25, 0.3) is 0 Å². The zero-order valence-corrected chi connectivity index (χ0v) is 10.3. The maximum Gasteiger partial charge on any atom is 0.0505 e. The van der Waals surface area contributed by atoms with Crippen LogP contribution in [-0.4, -0.2) is 5.54 Å². The van der Waals surface area contributed by atoms with Crippen LogP contribution in [0.3, 0.4) is 0 Å². The van der Waals surface area contributed by atoms with Crippen LogP contribution in [0.4, 0.5) is 5.69 Å². The molecule has 1 aromatic rings. The fourth-order valence-corrected chi connectivity index (χ4v) is 2.32. The molecule has 0 bridgehead atoms. The topological polar surface area (TPSA) is 12.0 Å². The van der Waals surface area contributed by atoms with Crippen molar-refractivity contribution in [1.29, 1.82) is 0 Å². The van der Waals surface area contributed by atoms with Crippen LogP contribution in [0.5, 0.6) is 0 Å². The van der Waals surface area contributed by atoms with Gasteiger partial charge in [-0.1, -0.05) is 22.0 Å². The van der Waals surface area contributed by atoms with Crippen LogP contribution in [0.25, 0.3) is 5.57 Å². The largest absolute Gasteiger partial charge is 0.376 e. The van der Waals surface area contributed by atoms with Crippen LogP contribution in [0, 0.1) is 0 Å². The lowest BCUT2D eigenvalue weighted by molar-refractivity contribution is 0.707. The Labute approximate surface area is 93.3 Å². The number of halogens is 1. The van der Waals surface area contributed by atoms with Crippen LogP contribution in [-0.2, 0) is 0 Å². The molecule has 1 aliphatic heterocycles. The Morgan fingerprint density at radius 3 is 2.71 bits per heavy atom. The molecule has 0 amide bonds. The van der Waals surface area contributed by atoms with Gasteiger partial charge in [0.05, 0.1) is 5.54 Å². The average Bonchev–Trinajstić information content (AvgIpc) is 2.05. The minimum Gasteiger partial charge on any atom is -0.376 e. The predicted molar refractivity (Wildman–Crippen MR) is 65.5 cm³/mol. The van der Waals surface area contributed by atoms with E-state index in [2.05, 4.69) is 66.3 Å². The Bertz CT molecular complexity index is 405. The van der Waals surface area contributed by atoms with E-state index in [9.17, 15) is 0 Å². The molecule has 0 unspecified atom stereocenters. The number of allylic oxidation sites excluding steroid dienone is 1. The van der Waals surface area contributed by atoms with E-state index in [0.29, 0.717) is 0 Å². The van der Waals surface area contributed by atoms with Crippen LogP contribution < -0.4 is 5.32 Å². The van der Waals surface area contributed by atoms with Gasteiger partial charge in [-0.2, -0.15) is 0 Å². The standard InChI is InChI=1S/C12H14BrN/c1-8-7-12(2,3)14-11-5-4-9(13)6-10(8)11/h4-7,14H,1-3H3. The summed E-state index contributed by atoms with van der Waals surface area (Å²) < 4.78 is 1.13. The number of benzene rings is 1. The van der Waals surface area contributed by atoms with Crippen LogP contribution >= 0.6 is 15.9 Å². The summed E-state index contributed by atoms with van der Waals surface area (Å²) in [7, 11) is 0. The van der Waals surface area contributed by atoms with Crippen molar-refractivity contribution < 1.29 is 0 Å². The van der Waals surface area contributed by atoms with Crippen molar-refractivity contribution in [3.63, 3.8) is 0 Å². The predicted octanol–water partition coefficient (Wildman–Crippen LogP) is 4.06. The summed E-state index contributed by atoms with van der Waals surface area (Å²) >= 11 is 3.49. The number of hydrogen-bond donors (Lipinski definition) is 1. The second kappa shape index (κ2) is 3.13. The van der Waals surface area contributed by atoms with Gasteiger partial charge in [-0.05, 0) is 44.5 Å². The van der Waals surface area contributed by atoms with E-state index in [1.165, 1.54) is 16.8 Å². The first kappa shape index (κ1) is 9.78. The van der Waals surface area contributed by atoms with Gasteiger partial charge in [0.2, 0.25) is 0 Å². The van der Waals surface area contributed by atoms with Crippen molar-refractivity contribution in [2.24, 2.45) is 0 Å². The molecule has 1 aliphatic rings. The highest BCUT2D eigenvalue weighted by Gasteiger charge is 2.21. The Balaban J connectivity index is 2.56. The molecule has 1 N–H and O–H groups in total. The molecule has 0 saturated carbocycles. The van der Waals surface area contributed by atoms with E-state index in [1.807, 2.05) is 0 Å². The third-order valence-corrected chi connectivity index (χ3v) is 2.93. The van der Waals surface area contributed by atoms with Crippen molar-refractivity contribution in [1.82, 2.24) is 0 Å². The van der Waals surface area contributed by atoms with E-state index in [1.54, 1.807) is 0 Å². The molecular formula is C12H14BrN. The minimum absolute atomic E-state index is 0.0604. The number of hydrogen-bond acceptors (Lipinski definition) is 1. The zero-order chi connectivity index (χ0) is 10.3. The lowest BCUT2D eigenvalue weighted by Crippen LogP contribution is -2.31. The summed E-state index contributed by atoms with van der Waals surface area (Å²) in [6.45, 7) is 6.52. The molecule has 14 heavy (non-hydrogen) atoms. The van der Waals surface area contributed by atoms with E-state index >= 15 is 0 Å². The number of anilines is 1. The van der Waals surface area contributed by atoms with Crippen molar-refractivity contribution in [3.8, 4) is 0 Å². The minimum atomic E-state index is 0.0604. The fraction of sp³-hybridized carbons (Fsp3) is 0.333. The Morgan fingerprint density at radius 2 is 2.00 bits per heavy atom. The van der Waals surface area contributed by atoms with Crippen molar-refractivity contribution in [2.75, 3.05) is 5.32 Å². The van der Waals surface area contributed by atoms with E-state index in [4.69, 9.17) is 0 Å². The summed E-state index contributed by atoms with van der Waals surface area (Å²) in [5.74, 6) is 0. The fourth-order valence-electron chi connectivity index (χ4n) is 1.95. The molecular weight excluding hydrogens is 238 g/mol. The molecule has 2 rings (SSSR count). The number of nitrogens with one attached hydrogen (secondary N) is 1. The highest BCUT2D eigenvalue weighted by atomic mass is 79.9. The lowest BCUT2D eigenvalue weighted by Gasteiger charge is -2.31. The van der Waals surface area contributed by atoms with Gasteiger partial charge in [0.15, 0.2) is 0 Å². The third kappa shape index (κ3) is 1.71. The summed E-state index contributed by atoms with van der Waals surface area (Å²) in [6.07, 6.45) is 2.27. The van der Waals surface area contributed by atoms with E-state index in [-0.39, 0.29) is 5.54 Å². The molecule has 0 atom stereocenters. The molecule has 1 aromatic carbocycles. The summed E-state index contributed by atoms with van der Waals surface area (Å²) in [4.78, 5) is 0. The first-order chi connectivity index (χ1) is 6.48. The van der Waals surface area contributed by atoms with Crippen molar-refractivity contribution in [2.45, 2.75) is 26.3 Å². The number of fused-ring (bicyclic) bond motifs is 1. The molecule has 74 valence electrons. The quantitative estimate of drug-likeness (QED) is 0.734. The van der Waals surface area contributed by atoms with Crippen LogP contribution in [0.1, 0.15) is 26.3 Å². The molecule has 0 fully saturated rings. The third-order valence-electron chi connectivity index (χ3n) is 2.44. The molecule has 1 nitrogen and oxygen atoms in total. The SMILES string of the molecule is CC1=CC(C)(C)Nc2ccc(Br)cc21. The smallest absolute Gasteiger partial charge is 0.0505 e. The zero-order valence-electron chi connectivity index (χ0n) is 8.69. The molecule has 0 aliphatic carbocycles. The Hall–Kier alpha value is -0.760. The summed E-state index contributed by atoms with van der Waals surface area (Å²) in [5.41, 5.74) is 3.91. The average molecular weight is 252 g/mol. The van der Waals surface area contributed by atoms with Gasteiger partial charge in [-0.15, -0.1) is 0 Å². The van der Waals surface area contributed by atoms with Crippen LogP contribution in [0.15, 0.2) is 28.7 Å². The second-order valence-electron chi connectivity index (χ2n) is 4.36. The molecule has 0 radical (unpaired) electrons. The maximum absolute atomic E-state index is 3.50. The van der Waals surface area contributed by atoms with Gasteiger partial charge < -0.3 is 5.32 Å². The first-order valence-electron chi connectivity index (χ1n) is 4.75. The highest BCUT2D eigenvalue weighted by molar-refractivity contribution is 9.10. The normalized spacial score (nSPS) is 18.1. The van der Waals surface area contributed by atoms with E-state index < -0.39 is 0 Å². The lowest BCUT2D eigenvalue weighted by atomic mass is 9.91. The molecule has 0 aromatic heterocycles. The van der Waals surface area contributed by atoms with Crippen molar-refractivity contribution in [3.05, 3.63) is 34.3 Å². The molecule has 1 heterocycles. The Morgan fingerprint density at radius 1 is 1.29 bits per heavy atom. The van der Waals surface area contributed by atoms with Gasteiger partial charge >= 0.3 is 0 Å². The Kier molecular flexibility index (Phi) is 2.18. The maximum atomic E-state index is 3.50. The van der Waals surface area contributed by atoms with Crippen LogP contribution in [0.2, 0.25) is 0 Å². The first-order valence-corrected chi connectivity index (χ1v) is 5.55. The van der Waals surface area contributed by atoms with E-state index in [0.717, 1.165) is 4.47 Å². The van der Waals surface area contributed by atoms with Gasteiger partial charge in [-0.25, -0.2) is 0 Å². The highest BCUT2D eigenvalue weighted by Crippen LogP contribution is 2.34. The van der Waals surface area contributed by atoms with Gasteiger partial charge in [0, 0.05) is 15.7 Å². The van der Waals surface area contributed by atoms with Crippen molar-refractivity contribution >= 4 is 27.2 Å². The summed E-state index contributed by atoms with van der Waals surface area (Å²) in [5, 5.41) is 3.50. The molecule has 2 heteroatoms. The number of rotatable bonds is 0. The molecule has 0 spiro atoms. The summed E-state index contributed by atoms with van der Waals surface area (Å²) in [6, 6.07) is 6.35. The second-order valence-corrected chi connectivity index (χ2v) is 5.28. The van der Waals surface area contributed by atoms with Gasteiger partial charge in [0.1, 0.15) is 0 Å². The van der Waals surface area contributed by atoms with Gasteiger partial charge in [-0.3, -0.25) is 0 Å².